The third kappa shape index (κ3) is 2.99. The summed E-state index contributed by atoms with van der Waals surface area (Å²) < 4.78 is 5.09. The Hall–Kier alpha value is -0.610. The van der Waals surface area contributed by atoms with E-state index in [1.54, 1.807) is 7.11 Å². The Kier molecular flexibility index (Phi) is 4.05. The molecule has 0 aromatic rings. The lowest BCUT2D eigenvalue weighted by Crippen LogP contribution is -2.57. The molecule has 4 nitrogen and oxygen atoms in total. The number of methoxy groups -OCH3 is 1. The lowest BCUT2D eigenvalue weighted by atomic mass is 9.81. The highest BCUT2D eigenvalue weighted by Crippen LogP contribution is 2.33. The van der Waals surface area contributed by atoms with Crippen LogP contribution in [0.4, 0.5) is 0 Å². The van der Waals surface area contributed by atoms with E-state index >= 15 is 0 Å². The molecule has 98 valence electrons. The van der Waals surface area contributed by atoms with Gasteiger partial charge in [-0.1, -0.05) is 19.3 Å². The lowest BCUT2D eigenvalue weighted by molar-refractivity contribution is -0.139. The molecule has 2 rings (SSSR count). The van der Waals surface area contributed by atoms with Gasteiger partial charge in [-0.2, -0.15) is 0 Å². The number of ether oxygens (including phenoxy) is 1. The Labute approximate surface area is 103 Å². The highest BCUT2D eigenvalue weighted by molar-refractivity contribution is 5.86. The molecule has 2 saturated carbocycles. The summed E-state index contributed by atoms with van der Waals surface area (Å²) in [6.07, 6.45) is 7.35. The van der Waals surface area contributed by atoms with Crippen LogP contribution in [0.15, 0.2) is 0 Å². The van der Waals surface area contributed by atoms with Crippen LogP contribution in [0.3, 0.4) is 0 Å². The van der Waals surface area contributed by atoms with Gasteiger partial charge in [0.2, 0.25) is 5.91 Å². The predicted molar refractivity (Wildman–Crippen MR) is 66.6 cm³/mol. The van der Waals surface area contributed by atoms with Crippen molar-refractivity contribution < 1.29 is 9.53 Å². The maximum Gasteiger partial charge on any atom is 0.242 e. The van der Waals surface area contributed by atoms with Crippen LogP contribution < -0.4 is 5.73 Å². The van der Waals surface area contributed by atoms with E-state index in [9.17, 15) is 4.79 Å². The molecule has 2 N–H and O–H groups in total. The SMILES string of the molecule is COCCN(C(=O)C1(N)CCCCC1)C1CC1. The zero-order valence-corrected chi connectivity index (χ0v) is 10.8. The van der Waals surface area contributed by atoms with Gasteiger partial charge in [0.1, 0.15) is 0 Å². The second kappa shape index (κ2) is 5.36. The van der Waals surface area contributed by atoms with Crippen molar-refractivity contribution in [3.63, 3.8) is 0 Å². The molecule has 0 heterocycles. The lowest BCUT2D eigenvalue weighted by Gasteiger charge is -2.37. The van der Waals surface area contributed by atoms with Crippen molar-refractivity contribution in [3.8, 4) is 0 Å². The molecule has 0 aliphatic heterocycles. The van der Waals surface area contributed by atoms with Gasteiger partial charge in [0.25, 0.3) is 0 Å². The molecule has 2 fully saturated rings. The number of carbonyl (C=O) groups excluding carboxylic acids is 1. The van der Waals surface area contributed by atoms with Crippen molar-refractivity contribution in [3.05, 3.63) is 0 Å². The molecule has 0 saturated heterocycles. The fourth-order valence-electron chi connectivity index (χ4n) is 2.71. The minimum atomic E-state index is -0.589. The van der Waals surface area contributed by atoms with Crippen molar-refractivity contribution in [1.29, 1.82) is 0 Å². The Bertz CT molecular complexity index is 271. The van der Waals surface area contributed by atoms with E-state index in [2.05, 4.69) is 0 Å². The Morgan fingerprint density at radius 3 is 2.53 bits per heavy atom. The van der Waals surface area contributed by atoms with Gasteiger partial charge in [-0.15, -0.1) is 0 Å². The number of nitrogens with zero attached hydrogens (tertiary/aromatic N) is 1. The molecule has 0 radical (unpaired) electrons. The summed E-state index contributed by atoms with van der Waals surface area (Å²) in [4.78, 5) is 14.5. The van der Waals surface area contributed by atoms with Crippen molar-refractivity contribution in [2.45, 2.75) is 56.5 Å². The molecule has 0 spiro atoms. The molecule has 0 unspecified atom stereocenters. The number of nitrogens with two attached hydrogens (primary N) is 1. The number of carbonyl (C=O) groups is 1. The van der Waals surface area contributed by atoms with Crippen LogP contribution in [0, 0.1) is 0 Å². The molecule has 17 heavy (non-hydrogen) atoms. The van der Waals surface area contributed by atoms with Gasteiger partial charge in [0, 0.05) is 19.7 Å². The van der Waals surface area contributed by atoms with E-state index in [0.29, 0.717) is 19.2 Å². The number of rotatable bonds is 5. The Morgan fingerprint density at radius 1 is 1.35 bits per heavy atom. The molecular formula is C13H24N2O2. The Balaban J connectivity index is 1.98. The third-order valence-electron chi connectivity index (χ3n) is 3.96. The maximum absolute atomic E-state index is 12.6. The average molecular weight is 240 g/mol. The standard InChI is InChI=1S/C13H24N2O2/c1-17-10-9-15(11-5-6-11)12(16)13(14)7-3-2-4-8-13/h11H,2-10,14H2,1H3. The largest absolute Gasteiger partial charge is 0.383 e. The molecule has 0 aromatic heterocycles. The molecule has 2 aliphatic carbocycles. The summed E-state index contributed by atoms with van der Waals surface area (Å²) in [6.45, 7) is 1.30. The van der Waals surface area contributed by atoms with E-state index in [-0.39, 0.29) is 5.91 Å². The minimum Gasteiger partial charge on any atom is -0.383 e. The van der Waals surface area contributed by atoms with Crippen LogP contribution in [0.1, 0.15) is 44.9 Å². The number of hydrogen-bond acceptors (Lipinski definition) is 3. The zero-order valence-electron chi connectivity index (χ0n) is 10.8. The normalized spacial score (nSPS) is 23.4. The van der Waals surface area contributed by atoms with Crippen LogP contribution in [0.2, 0.25) is 0 Å². The molecular weight excluding hydrogens is 216 g/mol. The second-order valence-corrected chi connectivity index (χ2v) is 5.44. The van der Waals surface area contributed by atoms with E-state index in [1.165, 1.54) is 6.42 Å². The van der Waals surface area contributed by atoms with E-state index < -0.39 is 5.54 Å². The number of hydrogen-bond donors (Lipinski definition) is 1. The van der Waals surface area contributed by atoms with Gasteiger partial charge in [0.15, 0.2) is 0 Å². The van der Waals surface area contributed by atoms with Crippen LogP contribution in [0.5, 0.6) is 0 Å². The van der Waals surface area contributed by atoms with Crippen molar-refractivity contribution >= 4 is 5.91 Å². The molecule has 0 atom stereocenters. The van der Waals surface area contributed by atoms with Crippen LogP contribution in [-0.4, -0.2) is 42.6 Å². The first-order valence-corrected chi connectivity index (χ1v) is 6.76. The first-order chi connectivity index (χ1) is 8.17. The van der Waals surface area contributed by atoms with Crippen LogP contribution >= 0.6 is 0 Å². The smallest absolute Gasteiger partial charge is 0.242 e. The molecule has 1 amide bonds. The monoisotopic (exact) mass is 240 g/mol. The van der Waals surface area contributed by atoms with Gasteiger partial charge in [-0.25, -0.2) is 0 Å². The number of amides is 1. The van der Waals surface area contributed by atoms with Crippen LogP contribution in [-0.2, 0) is 9.53 Å². The van der Waals surface area contributed by atoms with E-state index in [4.69, 9.17) is 10.5 Å². The van der Waals surface area contributed by atoms with Gasteiger partial charge in [-0.3, -0.25) is 4.79 Å². The van der Waals surface area contributed by atoms with Crippen molar-refractivity contribution in [1.82, 2.24) is 4.90 Å². The summed E-state index contributed by atoms with van der Waals surface area (Å²) in [7, 11) is 1.67. The molecule has 0 aromatic carbocycles. The average Bonchev–Trinajstić information content (AvgIpc) is 3.15. The van der Waals surface area contributed by atoms with E-state index in [0.717, 1.165) is 38.5 Å². The first kappa shape index (κ1) is 12.8. The minimum absolute atomic E-state index is 0.164. The van der Waals surface area contributed by atoms with Gasteiger partial charge >= 0.3 is 0 Å². The van der Waals surface area contributed by atoms with Gasteiger partial charge in [-0.05, 0) is 25.7 Å². The van der Waals surface area contributed by atoms with Gasteiger partial charge < -0.3 is 15.4 Å². The summed E-state index contributed by atoms with van der Waals surface area (Å²) in [5.41, 5.74) is 5.72. The highest BCUT2D eigenvalue weighted by atomic mass is 16.5. The summed E-state index contributed by atoms with van der Waals surface area (Å²) in [5.74, 6) is 0.164. The zero-order chi connectivity index (χ0) is 12.3. The molecule has 0 bridgehead atoms. The van der Waals surface area contributed by atoms with Crippen LogP contribution in [0.25, 0.3) is 0 Å². The highest BCUT2D eigenvalue weighted by Gasteiger charge is 2.42. The summed E-state index contributed by atoms with van der Waals surface area (Å²) in [5, 5.41) is 0. The quantitative estimate of drug-likeness (QED) is 0.787. The second-order valence-electron chi connectivity index (χ2n) is 5.44. The van der Waals surface area contributed by atoms with Gasteiger partial charge in [0.05, 0.1) is 12.1 Å². The summed E-state index contributed by atoms with van der Waals surface area (Å²) >= 11 is 0. The predicted octanol–water partition coefficient (Wildman–Crippen LogP) is 1.29. The van der Waals surface area contributed by atoms with E-state index in [1.807, 2.05) is 4.90 Å². The van der Waals surface area contributed by atoms with Crippen molar-refractivity contribution in [2.24, 2.45) is 5.73 Å². The molecule has 4 heteroatoms. The third-order valence-corrected chi connectivity index (χ3v) is 3.96. The molecule has 2 aliphatic rings. The fraction of sp³-hybridized carbons (Fsp3) is 0.923. The Morgan fingerprint density at radius 2 is 2.00 bits per heavy atom. The maximum atomic E-state index is 12.6. The van der Waals surface area contributed by atoms with Crippen molar-refractivity contribution in [2.75, 3.05) is 20.3 Å². The fourth-order valence-corrected chi connectivity index (χ4v) is 2.71. The topological polar surface area (TPSA) is 55.6 Å². The summed E-state index contributed by atoms with van der Waals surface area (Å²) in [6, 6.07) is 0.431. The first-order valence-electron chi connectivity index (χ1n) is 6.76.